The quantitative estimate of drug-likeness (QED) is 0.335. The highest BCUT2D eigenvalue weighted by molar-refractivity contribution is 5.77. The van der Waals surface area contributed by atoms with Gasteiger partial charge in [0.05, 0.1) is 25.0 Å². The number of likely N-dealkylation sites (N-methyl/N-ethyl adjacent to an activating group) is 1. The van der Waals surface area contributed by atoms with Crippen molar-refractivity contribution in [1.82, 2.24) is 28.8 Å². The van der Waals surface area contributed by atoms with Gasteiger partial charge in [0.25, 0.3) is 11.1 Å². The van der Waals surface area contributed by atoms with Gasteiger partial charge in [-0.15, -0.1) is 6.58 Å². The SMILES string of the molecule is C=CCn1c(=O)c2cnc(Nc3ccc(N4CCN(C)CC4)c(OC)c3)nc2n1-c1cc(F)c(=O)n(C(C)C)c1. The summed E-state index contributed by atoms with van der Waals surface area (Å²) >= 11 is 0. The fourth-order valence-electron chi connectivity index (χ4n) is 4.88. The van der Waals surface area contributed by atoms with Crippen molar-refractivity contribution in [2.24, 2.45) is 0 Å². The zero-order valence-corrected chi connectivity index (χ0v) is 23.1. The summed E-state index contributed by atoms with van der Waals surface area (Å²) < 4.78 is 24.6. The zero-order valence-electron chi connectivity index (χ0n) is 23.1. The molecule has 1 aliphatic heterocycles. The fourth-order valence-corrected chi connectivity index (χ4v) is 4.88. The van der Waals surface area contributed by atoms with Crippen LogP contribution >= 0.6 is 0 Å². The van der Waals surface area contributed by atoms with Gasteiger partial charge in [-0.25, -0.2) is 18.7 Å². The molecule has 12 heteroatoms. The van der Waals surface area contributed by atoms with E-state index in [1.807, 2.05) is 18.2 Å². The summed E-state index contributed by atoms with van der Waals surface area (Å²) in [6.45, 7) is 11.2. The third-order valence-electron chi connectivity index (χ3n) is 7.04. The number of nitrogens with zero attached hydrogens (tertiary/aromatic N) is 7. The van der Waals surface area contributed by atoms with Crippen LogP contribution in [0, 0.1) is 5.82 Å². The molecule has 0 bridgehead atoms. The summed E-state index contributed by atoms with van der Waals surface area (Å²) in [7, 11) is 3.75. The van der Waals surface area contributed by atoms with Crippen molar-refractivity contribution >= 4 is 28.4 Å². The van der Waals surface area contributed by atoms with Crippen molar-refractivity contribution in [2.75, 3.05) is 50.6 Å². The molecular formula is C28H33FN8O3. The standard InChI is InChI=1S/C28H33FN8O3/c1-6-9-36-26(38)21-16-30-28(32-25(21)37(36)20-15-22(29)27(39)35(17-20)18(2)3)31-19-7-8-23(24(14-19)40-5)34-12-10-33(4)11-13-34/h6-8,14-18H,1,9-13H2,2-5H3,(H,30,31,32). The Bertz CT molecular complexity index is 1680. The number of allylic oxidation sites excluding steroid dienone is 1. The Morgan fingerprint density at radius 2 is 1.90 bits per heavy atom. The molecule has 1 aromatic carbocycles. The first-order valence-electron chi connectivity index (χ1n) is 13.1. The molecule has 0 aliphatic carbocycles. The molecule has 0 saturated carbocycles. The van der Waals surface area contributed by atoms with Crippen LogP contribution in [0.4, 0.5) is 21.7 Å². The van der Waals surface area contributed by atoms with Crippen LogP contribution in [-0.2, 0) is 6.54 Å². The van der Waals surface area contributed by atoms with Crippen LogP contribution in [0.3, 0.4) is 0 Å². The summed E-state index contributed by atoms with van der Waals surface area (Å²) in [5, 5.41) is 3.44. The number of nitrogens with one attached hydrogen (secondary N) is 1. The van der Waals surface area contributed by atoms with Gasteiger partial charge in [0.15, 0.2) is 11.5 Å². The molecule has 0 spiro atoms. The number of ether oxygens (including phenoxy) is 1. The van der Waals surface area contributed by atoms with Gasteiger partial charge in [-0.3, -0.25) is 9.59 Å². The van der Waals surface area contributed by atoms with Crippen molar-refractivity contribution in [3.05, 3.63) is 75.8 Å². The first-order chi connectivity index (χ1) is 19.2. The summed E-state index contributed by atoms with van der Waals surface area (Å²) in [5.41, 5.74) is 1.16. The minimum absolute atomic E-state index is 0.144. The van der Waals surface area contributed by atoms with Gasteiger partial charge in [0.1, 0.15) is 11.1 Å². The fraction of sp³-hybridized carbons (Fsp3) is 0.357. The van der Waals surface area contributed by atoms with E-state index in [9.17, 15) is 14.0 Å². The predicted octanol–water partition coefficient (Wildman–Crippen LogP) is 3.15. The van der Waals surface area contributed by atoms with E-state index in [1.165, 1.54) is 26.3 Å². The summed E-state index contributed by atoms with van der Waals surface area (Å²) in [6, 6.07) is 6.62. The molecule has 1 fully saturated rings. The average molecular weight is 549 g/mol. The van der Waals surface area contributed by atoms with Gasteiger partial charge in [-0.05, 0) is 33.0 Å². The van der Waals surface area contributed by atoms with E-state index in [-0.39, 0.29) is 40.8 Å². The van der Waals surface area contributed by atoms with E-state index in [4.69, 9.17) is 4.74 Å². The number of fused-ring (bicyclic) bond motifs is 1. The number of rotatable bonds is 8. The van der Waals surface area contributed by atoms with Crippen molar-refractivity contribution in [1.29, 1.82) is 0 Å². The minimum atomic E-state index is -0.925. The van der Waals surface area contributed by atoms with E-state index in [0.717, 1.165) is 43.7 Å². The lowest BCUT2D eigenvalue weighted by molar-refractivity contribution is 0.311. The van der Waals surface area contributed by atoms with Gasteiger partial charge in [-0.2, -0.15) is 4.98 Å². The Morgan fingerprint density at radius 3 is 2.58 bits per heavy atom. The van der Waals surface area contributed by atoms with E-state index >= 15 is 0 Å². The smallest absolute Gasteiger partial charge is 0.286 e. The van der Waals surface area contributed by atoms with Crippen molar-refractivity contribution in [3.63, 3.8) is 0 Å². The normalized spacial score (nSPS) is 14.2. The van der Waals surface area contributed by atoms with Crippen molar-refractivity contribution in [2.45, 2.75) is 26.4 Å². The Hall–Kier alpha value is -4.45. The average Bonchev–Trinajstić information content (AvgIpc) is 3.21. The lowest BCUT2D eigenvalue weighted by Crippen LogP contribution is -2.44. The van der Waals surface area contributed by atoms with Crippen LogP contribution in [0.25, 0.3) is 16.7 Å². The highest BCUT2D eigenvalue weighted by Crippen LogP contribution is 2.33. The number of piperazine rings is 1. The van der Waals surface area contributed by atoms with Crippen molar-refractivity contribution < 1.29 is 9.13 Å². The van der Waals surface area contributed by atoms with Gasteiger partial charge in [0, 0.05) is 62.4 Å². The second kappa shape index (κ2) is 11.0. The van der Waals surface area contributed by atoms with Crippen LogP contribution < -0.4 is 26.1 Å². The number of halogens is 1. The van der Waals surface area contributed by atoms with Crippen molar-refractivity contribution in [3.8, 4) is 11.4 Å². The number of hydrogen-bond acceptors (Lipinski definition) is 8. The molecule has 1 saturated heterocycles. The molecule has 0 atom stereocenters. The van der Waals surface area contributed by atoms with Crippen LogP contribution in [0.5, 0.6) is 5.75 Å². The minimum Gasteiger partial charge on any atom is -0.495 e. The third kappa shape index (κ3) is 4.97. The highest BCUT2D eigenvalue weighted by atomic mass is 19.1. The third-order valence-corrected chi connectivity index (χ3v) is 7.04. The number of benzene rings is 1. The van der Waals surface area contributed by atoms with Gasteiger partial charge in [0.2, 0.25) is 5.95 Å². The maximum absolute atomic E-state index is 14.7. The Morgan fingerprint density at radius 1 is 1.15 bits per heavy atom. The number of methoxy groups -OCH3 is 1. The molecule has 11 nitrogen and oxygen atoms in total. The van der Waals surface area contributed by atoms with Gasteiger partial charge < -0.3 is 24.4 Å². The second-order valence-corrected chi connectivity index (χ2v) is 10.1. The largest absolute Gasteiger partial charge is 0.495 e. The summed E-state index contributed by atoms with van der Waals surface area (Å²) in [6.07, 6.45) is 4.52. The molecule has 210 valence electrons. The van der Waals surface area contributed by atoms with Crippen LogP contribution in [0.2, 0.25) is 0 Å². The lowest BCUT2D eigenvalue weighted by atomic mass is 10.2. The molecule has 1 N–H and O–H groups in total. The van der Waals surface area contributed by atoms with Gasteiger partial charge in [-0.1, -0.05) is 6.08 Å². The van der Waals surface area contributed by atoms with E-state index in [2.05, 4.69) is 38.7 Å². The zero-order chi connectivity index (χ0) is 28.6. The van der Waals surface area contributed by atoms with Gasteiger partial charge >= 0.3 is 0 Å². The second-order valence-electron chi connectivity index (χ2n) is 10.1. The molecule has 5 rings (SSSR count). The molecule has 0 unspecified atom stereocenters. The molecule has 0 radical (unpaired) electrons. The molecule has 4 aromatic rings. The summed E-state index contributed by atoms with van der Waals surface area (Å²) in [4.78, 5) is 39.2. The molecule has 3 aromatic heterocycles. The first-order valence-corrected chi connectivity index (χ1v) is 13.1. The van der Waals surface area contributed by atoms with Crippen LogP contribution in [0.15, 0.2) is 58.9 Å². The number of hydrogen-bond donors (Lipinski definition) is 1. The Kier molecular flexibility index (Phi) is 7.44. The van der Waals surface area contributed by atoms with E-state index in [0.29, 0.717) is 5.69 Å². The van der Waals surface area contributed by atoms with E-state index in [1.54, 1.807) is 27.0 Å². The molecule has 0 amide bonds. The number of anilines is 3. The molecule has 4 heterocycles. The number of aromatic nitrogens is 5. The molecular weight excluding hydrogens is 515 g/mol. The topological polar surface area (TPSA) is 102 Å². The predicted molar refractivity (Wildman–Crippen MR) is 154 cm³/mol. The highest BCUT2D eigenvalue weighted by Gasteiger charge is 2.21. The first kappa shape index (κ1) is 27.1. The summed E-state index contributed by atoms with van der Waals surface area (Å²) in [5.74, 6) is 0.0331. The lowest BCUT2D eigenvalue weighted by Gasteiger charge is -2.34. The van der Waals surface area contributed by atoms with Crippen LogP contribution in [-0.4, -0.2) is 69.1 Å². The number of pyridine rings is 1. The molecule has 1 aliphatic rings. The monoisotopic (exact) mass is 548 g/mol. The maximum Gasteiger partial charge on any atom is 0.286 e. The Balaban J connectivity index is 1.56. The molecule has 40 heavy (non-hydrogen) atoms. The van der Waals surface area contributed by atoms with Crippen LogP contribution in [0.1, 0.15) is 19.9 Å². The van der Waals surface area contributed by atoms with E-state index < -0.39 is 11.4 Å². The maximum atomic E-state index is 14.7. The Labute approximate surface area is 230 Å².